The minimum Gasteiger partial charge on any atom is -0.383 e. The quantitative estimate of drug-likeness (QED) is 0.404. The van der Waals surface area contributed by atoms with Gasteiger partial charge < -0.3 is 19.5 Å². The Morgan fingerprint density at radius 2 is 1.93 bits per heavy atom. The van der Waals surface area contributed by atoms with E-state index in [0.29, 0.717) is 13.2 Å². The number of ether oxygens (including phenoxy) is 1. The zero-order chi connectivity index (χ0) is 21.2. The molecule has 162 valence electrons. The molecule has 1 aliphatic heterocycles. The normalized spacial score (nSPS) is 15.8. The first-order valence-electron chi connectivity index (χ1n) is 10.5. The first kappa shape index (κ1) is 22.0. The summed E-state index contributed by atoms with van der Waals surface area (Å²) in [5, 5.41) is 11.8. The summed E-state index contributed by atoms with van der Waals surface area (Å²) in [5.41, 5.74) is 1.24. The van der Waals surface area contributed by atoms with Crippen molar-refractivity contribution in [2.75, 3.05) is 53.0 Å². The van der Waals surface area contributed by atoms with Crippen LogP contribution in [0.25, 0.3) is 6.08 Å². The van der Waals surface area contributed by atoms with Crippen molar-refractivity contribution in [2.24, 2.45) is 12.0 Å². The smallest absolute Gasteiger partial charge is 0.194 e. The van der Waals surface area contributed by atoms with E-state index >= 15 is 0 Å². The van der Waals surface area contributed by atoms with Crippen LogP contribution in [0.3, 0.4) is 0 Å². The van der Waals surface area contributed by atoms with Crippen molar-refractivity contribution >= 4 is 12.0 Å². The summed E-state index contributed by atoms with van der Waals surface area (Å²) < 4.78 is 7.16. The first-order valence-corrected chi connectivity index (χ1v) is 10.5. The lowest BCUT2D eigenvalue weighted by atomic mass is 10.2. The van der Waals surface area contributed by atoms with Gasteiger partial charge in [0.05, 0.1) is 6.61 Å². The fraction of sp³-hybridized carbons (Fsp3) is 0.500. The van der Waals surface area contributed by atoms with Crippen LogP contribution < -0.4 is 5.32 Å². The number of piperazine rings is 1. The average Bonchev–Trinajstić information content (AvgIpc) is 3.10. The third-order valence-corrected chi connectivity index (χ3v) is 5.29. The van der Waals surface area contributed by atoms with Gasteiger partial charge in [-0.3, -0.25) is 4.90 Å². The molecule has 0 unspecified atom stereocenters. The summed E-state index contributed by atoms with van der Waals surface area (Å²) >= 11 is 0. The Morgan fingerprint density at radius 1 is 1.17 bits per heavy atom. The van der Waals surface area contributed by atoms with Crippen LogP contribution in [0.5, 0.6) is 0 Å². The van der Waals surface area contributed by atoms with Gasteiger partial charge in [-0.1, -0.05) is 42.5 Å². The van der Waals surface area contributed by atoms with Gasteiger partial charge in [0.2, 0.25) is 0 Å². The molecule has 0 aliphatic carbocycles. The fourth-order valence-electron chi connectivity index (χ4n) is 3.31. The summed E-state index contributed by atoms with van der Waals surface area (Å²) in [7, 11) is 3.68. The van der Waals surface area contributed by atoms with Crippen molar-refractivity contribution in [3.8, 4) is 0 Å². The van der Waals surface area contributed by atoms with Crippen LogP contribution in [0, 0.1) is 6.92 Å². The van der Waals surface area contributed by atoms with E-state index < -0.39 is 0 Å². The second-order valence-corrected chi connectivity index (χ2v) is 7.38. The van der Waals surface area contributed by atoms with Gasteiger partial charge in [0.15, 0.2) is 11.8 Å². The van der Waals surface area contributed by atoms with Crippen LogP contribution in [-0.4, -0.2) is 83.5 Å². The number of aromatic nitrogens is 3. The number of nitrogens with zero attached hydrogens (tertiary/aromatic N) is 6. The Hall–Kier alpha value is -2.71. The standard InChI is InChI=1S/C22H33N7O/c1-19-25-26-21(27(19)2)18-24-22(23-11-17-30-3)29-15-13-28(14-16-29)12-7-10-20-8-5-4-6-9-20/h4-10H,11-18H2,1-3H3,(H,23,24)/b10-7+. The minimum atomic E-state index is 0.507. The summed E-state index contributed by atoms with van der Waals surface area (Å²) in [6, 6.07) is 10.4. The predicted octanol–water partition coefficient (Wildman–Crippen LogP) is 1.55. The molecule has 0 amide bonds. The van der Waals surface area contributed by atoms with E-state index in [1.807, 2.05) is 24.6 Å². The van der Waals surface area contributed by atoms with Gasteiger partial charge in [0.25, 0.3) is 0 Å². The van der Waals surface area contributed by atoms with E-state index in [2.05, 4.69) is 61.7 Å². The average molecular weight is 412 g/mol. The number of aryl methyl sites for hydroxylation is 1. The number of nitrogens with one attached hydrogen (secondary N) is 1. The van der Waals surface area contributed by atoms with Crippen LogP contribution in [0.4, 0.5) is 0 Å². The Kier molecular flexibility index (Phi) is 8.41. The topological polar surface area (TPSA) is 70.8 Å². The number of aliphatic imine (C=N–C) groups is 1. The van der Waals surface area contributed by atoms with Crippen LogP contribution >= 0.6 is 0 Å². The van der Waals surface area contributed by atoms with Crippen molar-refractivity contribution < 1.29 is 4.74 Å². The maximum atomic E-state index is 5.18. The second kappa shape index (κ2) is 11.5. The van der Waals surface area contributed by atoms with E-state index in [4.69, 9.17) is 9.73 Å². The molecule has 1 aromatic carbocycles. The molecule has 0 saturated carbocycles. The third kappa shape index (κ3) is 6.40. The summed E-state index contributed by atoms with van der Waals surface area (Å²) in [4.78, 5) is 9.59. The number of hydrogen-bond acceptors (Lipinski definition) is 5. The van der Waals surface area contributed by atoms with Gasteiger partial charge in [-0.25, -0.2) is 4.99 Å². The van der Waals surface area contributed by atoms with Gasteiger partial charge >= 0.3 is 0 Å². The molecular weight excluding hydrogens is 378 g/mol. The molecular formula is C22H33N7O. The summed E-state index contributed by atoms with van der Waals surface area (Å²) in [6.45, 7) is 8.69. The lowest BCUT2D eigenvalue weighted by molar-refractivity contribution is 0.187. The van der Waals surface area contributed by atoms with E-state index in [-0.39, 0.29) is 0 Å². The highest BCUT2D eigenvalue weighted by molar-refractivity contribution is 5.80. The maximum absolute atomic E-state index is 5.18. The Balaban J connectivity index is 1.53. The molecule has 30 heavy (non-hydrogen) atoms. The van der Waals surface area contributed by atoms with Crippen LogP contribution in [-0.2, 0) is 18.3 Å². The predicted molar refractivity (Wildman–Crippen MR) is 120 cm³/mol. The molecule has 0 bridgehead atoms. The molecule has 8 nitrogen and oxygen atoms in total. The second-order valence-electron chi connectivity index (χ2n) is 7.38. The molecule has 1 saturated heterocycles. The molecule has 3 rings (SSSR count). The number of guanidine groups is 1. The van der Waals surface area contributed by atoms with Gasteiger partial charge in [-0.2, -0.15) is 0 Å². The molecule has 0 radical (unpaired) electrons. The number of rotatable bonds is 8. The van der Waals surface area contributed by atoms with E-state index in [1.165, 1.54) is 5.56 Å². The van der Waals surface area contributed by atoms with Crippen molar-refractivity contribution in [2.45, 2.75) is 13.5 Å². The molecule has 0 atom stereocenters. The lowest BCUT2D eigenvalue weighted by Gasteiger charge is -2.36. The van der Waals surface area contributed by atoms with Gasteiger partial charge in [0, 0.05) is 53.4 Å². The largest absolute Gasteiger partial charge is 0.383 e. The molecule has 2 aromatic rings. The minimum absolute atomic E-state index is 0.507. The fourth-order valence-corrected chi connectivity index (χ4v) is 3.31. The van der Waals surface area contributed by atoms with Crippen LogP contribution in [0.1, 0.15) is 17.2 Å². The van der Waals surface area contributed by atoms with E-state index in [9.17, 15) is 0 Å². The lowest BCUT2D eigenvalue weighted by Crippen LogP contribution is -2.52. The zero-order valence-electron chi connectivity index (χ0n) is 18.3. The van der Waals surface area contributed by atoms with Crippen LogP contribution in [0.2, 0.25) is 0 Å². The van der Waals surface area contributed by atoms with Crippen molar-refractivity contribution in [3.05, 3.63) is 53.6 Å². The highest BCUT2D eigenvalue weighted by Crippen LogP contribution is 2.06. The Bertz CT molecular complexity index is 823. The van der Waals surface area contributed by atoms with Crippen molar-refractivity contribution in [1.82, 2.24) is 29.9 Å². The Morgan fingerprint density at radius 3 is 2.60 bits per heavy atom. The molecule has 0 spiro atoms. The highest BCUT2D eigenvalue weighted by Gasteiger charge is 2.19. The SMILES string of the molecule is COCCNC(=NCc1nnc(C)n1C)N1CCN(C/C=C/c2ccccc2)CC1. The molecule has 1 fully saturated rings. The highest BCUT2D eigenvalue weighted by atomic mass is 16.5. The number of benzene rings is 1. The summed E-state index contributed by atoms with van der Waals surface area (Å²) in [6.07, 6.45) is 4.43. The Labute approximate surface area is 179 Å². The molecule has 8 heteroatoms. The van der Waals surface area contributed by atoms with E-state index in [1.54, 1.807) is 7.11 Å². The summed E-state index contributed by atoms with van der Waals surface area (Å²) in [5.74, 6) is 2.67. The van der Waals surface area contributed by atoms with E-state index in [0.717, 1.165) is 56.9 Å². The molecule has 2 heterocycles. The van der Waals surface area contributed by atoms with Gasteiger partial charge in [-0.15, -0.1) is 10.2 Å². The third-order valence-electron chi connectivity index (χ3n) is 5.29. The number of hydrogen-bond donors (Lipinski definition) is 1. The van der Waals surface area contributed by atoms with Crippen molar-refractivity contribution in [1.29, 1.82) is 0 Å². The van der Waals surface area contributed by atoms with Gasteiger partial charge in [-0.05, 0) is 12.5 Å². The maximum Gasteiger partial charge on any atom is 0.194 e. The van der Waals surface area contributed by atoms with Gasteiger partial charge in [0.1, 0.15) is 12.4 Å². The zero-order valence-corrected chi connectivity index (χ0v) is 18.3. The molecule has 1 N–H and O–H groups in total. The number of methoxy groups -OCH3 is 1. The monoisotopic (exact) mass is 411 g/mol. The van der Waals surface area contributed by atoms with Crippen LogP contribution in [0.15, 0.2) is 41.4 Å². The first-order chi connectivity index (χ1) is 14.7. The molecule has 1 aromatic heterocycles. The van der Waals surface area contributed by atoms with Crippen molar-refractivity contribution in [3.63, 3.8) is 0 Å². The molecule has 1 aliphatic rings.